The molecule has 0 N–H and O–H groups in total. The van der Waals surface area contributed by atoms with Crippen LogP contribution in [0.5, 0.6) is 0 Å². The minimum absolute atomic E-state index is 0.0267. The van der Waals surface area contributed by atoms with Crippen molar-refractivity contribution >= 4 is 18.0 Å². The number of hydrogen-bond acceptors (Lipinski definition) is 4. The first-order chi connectivity index (χ1) is 10.2. The molecule has 1 saturated heterocycles. The third kappa shape index (κ3) is 4.41. The molecule has 1 aromatic rings. The van der Waals surface area contributed by atoms with E-state index in [0.717, 1.165) is 5.56 Å². The average Bonchev–Trinajstić information content (AvgIpc) is 2.54. The normalized spacial score (nSPS) is 16.1. The van der Waals surface area contributed by atoms with Crippen LogP contribution in [0.2, 0.25) is 0 Å². The topological polar surface area (TPSA) is 59.5 Å². The van der Waals surface area contributed by atoms with Crippen LogP contribution in [0.15, 0.2) is 30.6 Å². The standard InChI is InChI=1S/C16H20N2O3/c1-2-21-16(20)14-7-10-18(11-8-14)15(19)6-5-13-4-3-9-17-12-13/h3-6,9,12,14H,2,7-8,10-11H2,1H3/b6-5+. The molecule has 0 atom stereocenters. The molecule has 0 bridgehead atoms. The summed E-state index contributed by atoms with van der Waals surface area (Å²) in [5.74, 6) is -0.243. The van der Waals surface area contributed by atoms with Gasteiger partial charge in [0.15, 0.2) is 0 Å². The van der Waals surface area contributed by atoms with Crippen molar-refractivity contribution in [3.63, 3.8) is 0 Å². The van der Waals surface area contributed by atoms with Gasteiger partial charge in [0.25, 0.3) is 0 Å². The molecule has 1 aliphatic heterocycles. The fourth-order valence-electron chi connectivity index (χ4n) is 2.34. The molecule has 1 fully saturated rings. The summed E-state index contributed by atoms with van der Waals surface area (Å²) in [7, 11) is 0. The highest BCUT2D eigenvalue weighted by molar-refractivity contribution is 5.91. The number of pyridine rings is 1. The number of carbonyl (C=O) groups is 2. The second-order valence-corrected chi connectivity index (χ2v) is 4.97. The SMILES string of the molecule is CCOC(=O)C1CCN(C(=O)/C=C/c2cccnc2)CC1. The Morgan fingerprint density at radius 3 is 2.81 bits per heavy atom. The highest BCUT2D eigenvalue weighted by atomic mass is 16.5. The Kier molecular flexibility index (Phi) is 5.49. The lowest BCUT2D eigenvalue weighted by Crippen LogP contribution is -2.39. The minimum atomic E-state index is -0.143. The predicted octanol–water partition coefficient (Wildman–Crippen LogP) is 1.90. The van der Waals surface area contributed by atoms with E-state index in [2.05, 4.69) is 4.98 Å². The van der Waals surface area contributed by atoms with Crippen molar-refractivity contribution in [3.05, 3.63) is 36.2 Å². The van der Waals surface area contributed by atoms with Gasteiger partial charge in [-0.1, -0.05) is 6.07 Å². The minimum Gasteiger partial charge on any atom is -0.466 e. The lowest BCUT2D eigenvalue weighted by molar-refractivity contribution is -0.150. The zero-order valence-corrected chi connectivity index (χ0v) is 12.2. The quantitative estimate of drug-likeness (QED) is 0.627. The predicted molar refractivity (Wildman–Crippen MR) is 79.2 cm³/mol. The summed E-state index contributed by atoms with van der Waals surface area (Å²) >= 11 is 0. The molecule has 2 heterocycles. The van der Waals surface area contributed by atoms with Crippen molar-refractivity contribution in [2.45, 2.75) is 19.8 Å². The molecule has 5 heteroatoms. The maximum atomic E-state index is 12.1. The first-order valence-corrected chi connectivity index (χ1v) is 7.24. The maximum absolute atomic E-state index is 12.1. The molecule has 1 aliphatic rings. The van der Waals surface area contributed by atoms with Gasteiger partial charge in [-0.3, -0.25) is 14.6 Å². The first-order valence-electron chi connectivity index (χ1n) is 7.24. The summed E-state index contributed by atoms with van der Waals surface area (Å²) in [6, 6.07) is 3.72. The molecule has 0 aromatic carbocycles. The van der Waals surface area contributed by atoms with E-state index in [0.29, 0.717) is 32.5 Å². The summed E-state index contributed by atoms with van der Waals surface area (Å²) in [6.45, 7) is 3.41. The van der Waals surface area contributed by atoms with Gasteiger partial charge in [0.2, 0.25) is 5.91 Å². The van der Waals surface area contributed by atoms with E-state index in [4.69, 9.17) is 4.74 Å². The van der Waals surface area contributed by atoms with E-state index in [1.165, 1.54) is 0 Å². The monoisotopic (exact) mass is 288 g/mol. The molecule has 1 amide bonds. The molecule has 0 radical (unpaired) electrons. The first kappa shape index (κ1) is 15.2. The summed E-state index contributed by atoms with van der Waals surface area (Å²) in [4.78, 5) is 29.5. The number of carbonyl (C=O) groups excluding carboxylic acids is 2. The number of likely N-dealkylation sites (tertiary alicyclic amines) is 1. The number of hydrogen-bond donors (Lipinski definition) is 0. The van der Waals surface area contributed by atoms with E-state index in [-0.39, 0.29) is 17.8 Å². The number of piperidine rings is 1. The number of ether oxygens (including phenoxy) is 1. The summed E-state index contributed by atoms with van der Waals surface area (Å²) in [5, 5.41) is 0. The van der Waals surface area contributed by atoms with E-state index in [1.807, 2.05) is 12.1 Å². The van der Waals surface area contributed by atoms with Crippen LogP contribution < -0.4 is 0 Å². The second-order valence-electron chi connectivity index (χ2n) is 4.97. The number of rotatable bonds is 4. The average molecular weight is 288 g/mol. The van der Waals surface area contributed by atoms with E-state index >= 15 is 0 Å². The second kappa shape index (κ2) is 7.57. The smallest absolute Gasteiger partial charge is 0.309 e. The van der Waals surface area contributed by atoms with Crippen molar-refractivity contribution < 1.29 is 14.3 Å². The summed E-state index contributed by atoms with van der Waals surface area (Å²) < 4.78 is 5.02. The van der Waals surface area contributed by atoms with Crippen LogP contribution in [-0.2, 0) is 14.3 Å². The van der Waals surface area contributed by atoms with Crippen LogP contribution in [0.1, 0.15) is 25.3 Å². The zero-order chi connectivity index (χ0) is 15.1. The van der Waals surface area contributed by atoms with Crippen molar-refractivity contribution in [3.8, 4) is 0 Å². The van der Waals surface area contributed by atoms with Crippen LogP contribution >= 0.6 is 0 Å². The Labute approximate surface area is 124 Å². The molecule has 1 aromatic heterocycles. The molecule has 21 heavy (non-hydrogen) atoms. The summed E-state index contributed by atoms with van der Waals surface area (Å²) in [6.07, 6.45) is 8.06. The number of nitrogens with zero attached hydrogens (tertiary/aromatic N) is 2. The van der Waals surface area contributed by atoms with Crippen LogP contribution in [0, 0.1) is 5.92 Å². The van der Waals surface area contributed by atoms with Gasteiger partial charge < -0.3 is 9.64 Å². The fraction of sp³-hybridized carbons (Fsp3) is 0.438. The molecule has 5 nitrogen and oxygen atoms in total. The van der Waals surface area contributed by atoms with Gasteiger partial charge in [0.1, 0.15) is 0 Å². The zero-order valence-electron chi connectivity index (χ0n) is 12.2. The highest BCUT2D eigenvalue weighted by Crippen LogP contribution is 2.19. The number of esters is 1. The molecular weight excluding hydrogens is 268 g/mol. The maximum Gasteiger partial charge on any atom is 0.309 e. The third-order valence-corrected chi connectivity index (χ3v) is 3.53. The van der Waals surface area contributed by atoms with E-state index in [9.17, 15) is 9.59 Å². The lowest BCUT2D eigenvalue weighted by Gasteiger charge is -2.30. The van der Waals surface area contributed by atoms with Crippen LogP contribution in [-0.4, -0.2) is 41.5 Å². The number of aromatic nitrogens is 1. The van der Waals surface area contributed by atoms with Gasteiger partial charge in [-0.2, -0.15) is 0 Å². The van der Waals surface area contributed by atoms with Crippen LogP contribution in [0.4, 0.5) is 0 Å². The van der Waals surface area contributed by atoms with Crippen LogP contribution in [0.3, 0.4) is 0 Å². The fourth-order valence-corrected chi connectivity index (χ4v) is 2.34. The molecule has 112 valence electrons. The van der Waals surface area contributed by atoms with Crippen molar-refractivity contribution in [2.75, 3.05) is 19.7 Å². The van der Waals surface area contributed by atoms with E-state index in [1.54, 1.807) is 36.4 Å². The molecule has 0 saturated carbocycles. The Morgan fingerprint density at radius 2 is 2.19 bits per heavy atom. The van der Waals surface area contributed by atoms with Crippen molar-refractivity contribution in [1.29, 1.82) is 0 Å². The van der Waals surface area contributed by atoms with Gasteiger partial charge in [-0.05, 0) is 37.5 Å². The van der Waals surface area contributed by atoms with E-state index < -0.39 is 0 Å². The van der Waals surface area contributed by atoms with Crippen molar-refractivity contribution in [2.24, 2.45) is 5.92 Å². The molecule has 0 aliphatic carbocycles. The molecule has 0 unspecified atom stereocenters. The Hall–Kier alpha value is -2.17. The van der Waals surface area contributed by atoms with Gasteiger partial charge in [0.05, 0.1) is 12.5 Å². The molecule has 0 spiro atoms. The Balaban J connectivity index is 1.83. The van der Waals surface area contributed by atoms with Crippen LogP contribution in [0.25, 0.3) is 6.08 Å². The third-order valence-electron chi connectivity index (χ3n) is 3.53. The van der Waals surface area contributed by atoms with Gasteiger partial charge in [-0.25, -0.2) is 0 Å². The van der Waals surface area contributed by atoms with Gasteiger partial charge in [-0.15, -0.1) is 0 Å². The molecular formula is C16H20N2O3. The Morgan fingerprint density at radius 1 is 1.43 bits per heavy atom. The number of amides is 1. The summed E-state index contributed by atoms with van der Waals surface area (Å²) in [5.41, 5.74) is 0.896. The lowest BCUT2D eigenvalue weighted by atomic mass is 9.97. The molecule has 2 rings (SSSR count). The van der Waals surface area contributed by atoms with Gasteiger partial charge in [0, 0.05) is 31.6 Å². The van der Waals surface area contributed by atoms with Gasteiger partial charge >= 0.3 is 5.97 Å². The largest absolute Gasteiger partial charge is 0.466 e. The van der Waals surface area contributed by atoms with Crippen molar-refractivity contribution in [1.82, 2.24) is 9.88 Å². The highest BCUT2D eigenvalue weighted by Gasteiger charge is 2.27. The Bertz CT molecular complexity index is 506.